The van der Waals surface area contributed by atoms with Crippen molar-refractivity contribution in [3.05, 3.63) is 53.3 Å². The van der Waals surface area contributed by atoms with Crippen molar-refractivity contribution in [1.82, 2.24) is 0 Å². The van der Waals surface area contributed by atoms with Crippen molar-refractivity contribution < 1.29 is 12.8 Å². The normalized spacial score (nSPS) is 11.4. The topological polar surface area (TPSA) is 63.4 Å². The molecule has 21 heavy (non-hydrogen) atoms. The molecule has 0 aliphatic heterocycles. The van der Waals surface area contributed by atoms with Crippen molar-refractivity contribution in [2.24, 2.45) is 0 Å². The van der Waals surface area contributed by atoms with Gasteiger partial charge in [-0.1, -0.05) is 11.6 Å². The van der Waals surface area contributed by atoms with Crippen LogP contribution in [0.3, 0.4) is 0 Å². The molecule has 0 aliphatic carbocycles. The third-order valence-corrected chi connectivity index (χ3v) is 5.19. The number of nitrogen functional groups attached to an aromatic ring is 1. The van der Waals surface area contributed by atoms with E-state index in [1.54, 1.807) is 6.92 Å². The summed E-state index contributed by atoms with van der Waals surface area (Å²) < 4.78 is 39.4. The minimum Gasteiger partial charge on any atom is -0.398 e. The van der Waals surface area contributed by atoms with Crippen molar-refractivity contribution in [2.75, 3.05) is 16.6 Å². The summed E-state index contributed by atoms with van der Waals surface area (Å²) in [6.07, 6.45) is 0. The molecule has 2 aromatic rings. The average Bonchev–Trinajstić information content (AvgIpc) is 2.44. The first-order valence-corrected chi connectivity index (χ1v) is 8.01. The van der Waals surface area contributed by atoms with Crippen LogP contribution in [0.1, 0.15) is 6.92 Å². The molecular formula is C14H14ClFN2O2S. The fourth-order valence-electron chi connectivity index (χ4n) is 1.89. The van der Waals surface area contributed by atoms with Crippen molar-refractivity contribution >= 4 is 33.0 Å². The number of rotatable bonds is 4. The molecule has 0 unspecified atom stereocenters. The van der Waals surface area contributed by atoms with Gasteiger partial charge in [0.05, 0.1) is 21.3 Å². The zero-order valence-corrected chi connectivity index (χ0v) is 12.8. The molecular weight excluding hydrogens is 315 g/mol. The maximum Gasteiger partial charge on any atom is 0.264 e. The number of anilines is 2. The summed E-state index contributed by atoms with van der Waals surface area (Å²) in [6.45, 7) is 1.90. The van der Waals surface area contributed by atoms with Crippen LogP contribution in [-0.2, 0) is 10.0 Å². The van der Waals surface area contributed by atoms with Crippen molar-refractivity contribution in [3.8, 4) is 0 Å². The number of nitrogens with two attached hydrogens (primary N) is 1. The molecule has 2 aromatic carbocycles. The van der Waals surface area contributed by atoms with Crippen LogP contribution in [0, 0.1) is 5.82 Å². The molecule has 2 rings (SSSR count). The van der Waals surface area contributed by atoms with E-state index in [0.717, 1.165) is 0 Å². The van der Waals surface area contributed by atoms with Gasteiger partial charge in [-0.15, -0.1) is 0 Å². The molecule has 0 aliphatic rings. The van der Waals surface area contributed by atoms with Gasteiger partial charge in [-0.3, -0.25) is 4.31 Å². The largest absolute Gasteiger partial charge is 0.398 e. The second-order valence-electron chi connectivity index (χ2n) is 4.33. The maximum atomic E-state index is 13.0. The Kier molecular flexibility index (Phi) is 4.39. The summed E-state index contributed by atoms with van der Waals surface area (Å²) in [7, 11) is -3.79. The highest BCUT2D eigenvalue weighted by Crippen LogP contribution is 2.27. The smallest absolute Gasteiger partial charge is 0.264 e. The molecule has 4 nitrogen and oxygen atoms in total. The Morgan fingerprint density at radius 1 is 1.19 bits per heavy atom. The van der Waals surface area contributed by atoms with Gasteiger partial charge in [0.25, 0.3) is 10.0 Å². The van der Waals surface area contributed by atoms with E-state index in [4.69, 9.17) is 17.3 Å². The molecule has 2 N–H and O–H groups in total. The second kappa shape index (κ2) is 5.91. The average molecular weight is 329 g/mol. The van der Waals surface area contributed by atoms with Crippen LogP contribution in [0.4, 0.5) is 15.8 Å². The van der Waals surface area contributed by atoms with Crippen molar-refractivity contribution in [1.29, 1.82) is 0 Å². The van der Waals surface area contributed by atoms with Gasteiger partial charge in [-0.05, 0) is 49.4 Å². The number of nitrogens with zero attached hydrogens (tertiary/aromatic N) is 1. The van der Waals surface area contributed by atoms with E-state index in [1.165, 1.54) is 46.8 Å². The van der Waals surface area contributed by atoms with E-state index in [2.05, 4.69) is 0 Å². The van der Waals surface area contributed by atoms with Gasteiger partial charge in [-0.2, -0.15) is 0 Å². The fraction of sp³-hybridized carbons (Fsp3) is 0.143. The van der Waals surface area contributed by atoms with E-state index in [-0.39, 0.29) is 16.5 Å². The SMILES string of the molecule is CCN(c1ccc(F)cc1)S(=O)(=O)c1ccc(N)c(Cl)c1. The standard InChI is InChI=1S/C14H14ClFN2O2S/c1-2-18(11-5-3-10(16)4-6-11)21(19,20)12-7-8-14(17)13(15)9-12/h3-9H,2,17H2,1H3. The number of sulfonamides is 1. The Labute approximate surface area is 128 Å². The van der Waals surface area contributed by atoms with E-state index in [9.17, 15) is 12.8 Å². The number of halogens is 2. The first-order valence-electron chi connectivity index (χ1n) is 6.19. The van der Waals surface area contributed by atoms with Crippen LogP contribution in [0.5, 0.6) is 0 Å². The van der Waals surface area contributed by atoms with Gasteiger partial charge in [0.1, 0.15) is 5.82 Å². The van der Waals surface area contributed by atoms with E-state index >= 15 is 0 Å². The minimum absolute atomic E-state index is 0.0351. The molecule has 0 atom stereocenters. The Balaban J connectivity index is 2.49. The zero-order chi connectivity index (χ0) is 15.6. The first-order chi connectivity index (χ1) is 9.86. The lowest BCUT2D eigenvalue weighted by atomic mass is 10.3. The monoisotopic (exact) mass is 328 g/mol. The lowest BCUT2D eigenvalue weighted by Gasteiger charge is -2.23. The summed E-state index contributed by atoms with van der Waals surface area (Å²) in [6, 6.07) is 9.38. The van der Waals surface area contributed by atoms with Crippen LogP contribution in [0.2, 0.25) is 5.02 Å². The van der Waals surface area contributed by atoms with E-state index < -0.39 is 15.8 Å². The van der Waals surface area contributed by atoms with Crippen LogP contribution in [0.25, 0.3) is 0 Å². The molecule has 0 saturated carbocycles. The van der Waals surface area contributed by atoms with Crippen LogP contribution >= 0.6 is 11.6 Å². The Bertz CT molecular complexity index is 748. The van der Waals surface area contributed by atoms with Gasteiger partial charge in [0.15, 0.2) is 0 Å². The molecule has 0 bridgehead atoms. The van der Waals surface area contributed by atoms with Gasteiger partial charge < -0.3 is 5.73 Å². The highest BCUT2D eigenvalue weighted by molar-refractivity contribution is 7.92. The molecule has 0 spiro atoms. The summed E-state index contributed by atoms with van der Waals surface area (Å²) >= 11 is 5.88. The zero-order valence-electron chi connectivity index (χ0n) is 11.3. The summed E-state index contributed by atoms with van der Waals surface area (Å²) in [5, 5.41) is 0.172. The Morgan fingerprint density at radius 3 is 2.33 bits per heavy atom. The highest BCUT2D eigenvalue weighted by Gasteiger charge is 2.24. The third-order valence-electron chi connectivity index (χ3n) is 2.96. The van der Waals surface area contributed by atoms with E-state index in [0.29, 0.717) is 11.4 Å². The number of hydrogen-bond donors (Lipinski definition) is 1. The van der Waals surface area contributed by atoms with Gasteiger partial charge in [0, 0.05) is 6.54 Å². The minimum atomic E-state index is -3.79. The third kappa shape index (κ3) is 3.11. The molecule has 0 fully saturated rings. The number of hydrogen-bond acceptors (Lipinski definition) is 3. The van der Waals surface area contributed by atoms with Crippen LogP contribution in [0.15, 0.2) is 47.4 Å². The van der Waals surface area contributed by atoms with Crippen LogP contribution in [-0.4, -0.2) is 15.0 Å². The van der Waals surface area contributed by atoms with Crippen LogP contribution < -0.4 is 10.0 Å². The van der Waals surface area contributed by atoms with Gasteiger partial charge in [0.2, 0.25) is 0 Å². The van der Waals surface area contributed by atoms with Gasteiger partial charge in [-0.25, -0.2) is 12.8 Å². The number of benzene rings is 2. The molecule has 0 amide bonds. The lowest BCUT2D eigenvalue weighted by molar-refractivity contribution is 0.591. The first kappa shape index (κ1) is 15.6. The maximum absolute atomic E-state index is 13.0. The predicted molar refractivity (Wildman–Crippen MR) is 82.5 cm³/mol. The van der Waals surface area contributed by atoms with Crippen molar-refractivity contribution in [3.63, 3.8) is 0 Å². The second-order valence-corrected chi connectivity index (χ2v) is 6.60. The summed E-state index contributed by atoms with van der Waals surface area (Å²) in [5.74, 6) is -0.428. The fourth-order valence-corrected chi connectivity index (χ4v) is 3.64. The predicted octanol–water partition coefficient (Wildman–Crippen LogP) is 3.28. The molecule has 0 saturated heterocycles. The van der Waals surface area contributed by atoms with Crippen molar-refractivity contribution in [2.45, 2.75) is 11.8 Å². The van der Waals surface area contributed by atoms with Gasteiger partial charge >= 0.3 is 0 Å². The van der Waals surface area contributed by atoms with E-state index in [1.807, 2.05) is 0 Å². The lowest BCUT2D eigenvalue weighted by Crippen LogP contribution is -2.30. The highest BCUT2D eigenvalue weighted by atomic mass is 35.5. The molecule has 7 heteroatoms. The quantitative estimate of drug-likeness (QED) is 0.876. The molecule has 0 aromatic heterocycles. The molecule has 112 valence electrons. The summed E-state index contributed by atoms with van der Waals surface area (Å²) in [4.78, 5) is 0.0351. The molecule has 0 heterocycles. The summed E-state index contributed by atoms with van der Waals surface area (Å²) in [5.41, 5.74) is 6.27. The Morgan fingerprint density at radius 2 is 1.81 bits per heavy atom. The molecule has 0 radical (unpaired) electrons. The Hall–Kier alpha value is -1.79.